The van der Waals surface area contributed by atoms with Crippen molar-refractivity contribution in [3.05, 3.63) is 68.2 Å². The van der Waals surface area contributed by atoms with E-state index >= 15 is 0 Å². The Balaban J connectivity index is 2.28. The van der Waals surface area contributed by atoms with Crippen LogP contribution >= 0.6 is 0 Å². The molecule has 24 heavy (non-hydrogen) atoms. The summed E-state index contributed by atoms with van der Waals surface area (Å²) >= 11 is 0. The molecule has 2 heterocycles. The number of esters is 1. The largest absolute Gasteiger partial charge is 0.456 e. The van der Waals surface area contributed by atoms with E-state index in [0.717, 1.165) is 12.1 Å². The van der Waals surface area contributed by atoms with E-state index in [4.69, 9.17) is 4.74 Å². The number of hydrogen-bond acceptors (Lipinski definition) is 5. The number of allylic oxidation sites excluding steroid dienone is 2. The quantitative estimate of drug-likeness (QED) is 0.509. The van der Waals surface area contributed by atoms with Crippen molar-refractivity contribution in [1.29, 1.82) is 0 Å². The molecule has 0 amide bonds. The first-order chi connectivity index (χ1) is 11.2. The topological polar surface area (TPSA) is 81.5 Å². The molecule has 1 unspecified atom stereocenters. The van der Waals surface area contributed by atoms with Crippen LogP contribution in [-0.2, 0) is 15.7 Å². The van der Waals surface area contributed by atoms with Crippen LogP contribution in [0.4, 0.5) is 13.2 Å². The van der Waals surface area contributed by atoms with Gasteiger partial charge in [0, 0.05) is 0 Å². The van der Waals surface area contributed by atoms with E-state index < -0.39 is 34.2 Å². The maximum absolute atomic E-state index is 13.3. The van der Waals surface area contributed by atoms with Crippen molar-refractivity contribution in [3.8, 4) is 0 Å². The summed E-state index contributed by atoms with van der Waals surface area (Å²) in [6.07, 6.45) is -4.71. The molecule has 0 radical (unpaired) electrons. The molecule has 1 aromatic rings. The van der Waals surface area contributed by atoms with Gasteiger partial charge in [-0.05, 0) is 18.6 Å². The lowest BCUT2D eigenvalue weighted by molar-refractivity contribution is -0.431. The number of nitrogens with one attached hydrogen (secondary N) is 1. The van der Waals surface area contributed by atoms with E-state index in [1.165, 1.54) is 19.1 Å². The average molecular weight is 340 g/mol. The summed E-state index contributed by atoms with van der Waals surface area (Å²) in [5.74, 6) is -2.30. The minimum atomic E-state index is -4.71. The molecule has 0 aromatic heterocycles. The predicted molar refractivity (Wildman–Crippen MR) is 75.0 cm³/mol. The second-order valence-electron chi connectivity index (χ2n) is 5.38. The minimum Gasteiger partial charge on any atom is -0.456 e. The summed E-state index contributed by atoms with van der Waals surface area (Å²) in [6, 6.07) is 4.52. The van der Waals surface area contributed by atoms with Crippen LogP contribution in [0, 0.1) is 10.1 Å². The molecule has 1 N–H and O–H groups in total. The summed E-state index contributed by atoms with van der Waals surface area (Å²) in [6.45, 7) is 1.23. The molecule has 0 saturated heterocycles. The third-order valence-electron chi connectivity index (χ3n) is 3.95. The highest BCUT2D eigenvalue weighted by Gasteiger charge is 2.47. The van der Waals surface area contributed by atoms with E-state index in [9.17, 15) is 28.1 Å². The van der Waals surface area contributed by atoms with Gasteiger partial charge in [0.25, 0.3) is 5.70 Å². The van der Waals surface area contributed by atoms with Gasteiger partial charge in [-0.3, -0.25) is 10.1 Å². The molecule has 0 bridgehead atoms. The standard InChI is InChI=1S/C15H11F3N2O4/c1-7-13(20(22)23)11(12-10(19-7)6-24-14(12)21)8-4-2-3-5-9(8)15(16,17)18/h2-5,11,19H,6H2,1H3. The monoisotopic (exact) mass is 340 g/mol. The molecule has 0 spiro atoms. The number of halogens is 3. The van der Waals surface area contributed by atoms with Crippen LogP contribution in [0.25, 0.3) is 0 Å². The van der Waals surface area contributed by atoms with Crippen LogP contribution < -0.4 is 5.32 Å². The van der Waals surface area contributed by atoms with Gasteiger partial charge in [0.15, 0.2) is 0 Å². The summed E-state index contributed by atoms with van der Waals surface area (Å²) in [5, 5.41) is 14.1. The van der Waals surface area contributed by atoms with Gasteiger partial charge in [-0.25, -0.2) is 4.79 Å². The molecule has 3 rings (SSSR count). The lowest BCUT2D eigenvalue weighted by atomic mass is 9.82. The van der Waals surface area contributed by atoms with Gasteiger partial charge in [-0.15, -0.1) is 0 Å². The Morgan fingerprint density at radius 1 is 1.33 bits per heavy atom. The van der Waals surface area contributed by atoms with Gasteiger partial charge in [0.05, 0.1) is 27.5 Å². The highest BCUT2D eigenvalue weighted by molar-refractivity contribution is 5.94. The van der Waals surface area contributed by atoms with E-state index in [1.807, 2.05) is 0 Å². The molecule has 1 aromatic carbocycles. The Bertz CT molecular complexity index is 809. The number of carbonyl (C=O) groups is 1. The molecule has 0 fully saturated rings. The molecule has 0 saturated carbocycles. The summed E-state index contributed by atoms with van der Waals surface area (Å²) in [5.41, 5.74) is -1.67. The summed E-state index contributed by atoms with van der Waals surface area (Å²) < 4.78 is 44.9. The molecule has 2 aliphatic heterocycles. The van der Waals surface area contributed by atoms with Crippen LogP contribution in [0.2, 0.25) is 0 Å². The molecule has 9 heteroatoms. The predicted octanol–water partition coefficient (Wildman–Crippen LogP) is 2.71. The van der Waals surface area contributed by atoms with E-state index in [0.29, 0.717) is 0 Å². The SMILES string of the molecule is CC1=C([N+](=O)[O-])C(c2ccccc2C(F)(F)F)C2=C(COC2=O)N1. The van der Waals surface area contributed by atoms with Crippen molar-refractivity contribution in [1.82, 2.24) is 5.32 Å². The first kappa shape index (κ1) is 16.0. The first-order valence-corrected chi connectivity index (χ1v) is 6.90. The van der Waals surface area contributed by atoms with Gasteiger partial charge >= 0.3 is 12.1 Å². The molecule has 126 valence electrons. The number of cyclic esters (lactones) is 1. The zero-order valence-corrected chi connectivity index (χ0v) is 12.3. The molecule has 6 nitrogen and oxygen atoms in total. The van der Waals surface area contributed by atoms with Gasteiger partial charge in [0.2, 0.25) is 0 Å². The second-order valence-corrected chi connectivity index (χ2v) is 5.38. The van der Waals surface area contributed by atoms with Gasteiger partial charge < -0.3 is 10.1 Å². The van der Waals surface area contributed by atoms with Crippen LogP contribution in [0.5, 0.6) is 0 Å². The van der Waals surface area contributed by atoms with E-state index in [-0.39, 0.29) is 29.1 Å². The number of carbonyl (C=O) groups excluding carboxylic acids is 1. The Kier molecular flexibility index (Phi) is 3.58. The number of ether oxygens (including phenoxy) is 1. The summed E-state index contributed by atoms with van der Waals surface area (Å²) in [7, 11) is 0. The Morgan fingerprint density at radius 3 is 2.62 bits per heavy atom. The number of nitro groups is 1. The number of rotatable bonds is 2. The zero-order chi connectivity index (χ0) is 17.6. The van der Waals surface area contributed by atoms with E-state index in [2.05, 4.69) is 5.32 Å². The molecule has 0 aliphatic carbocycles. The van der Waals surface area contributed by atoms with Crippen LogP contribution in [0.3, 0.4) is 0 Å². The molecule has 2 aliphatic rings. The molecule has 1 atom stereocenters. The van der Waals surface area contributed by atoms with Crippen LogP contribution in [0.1, 0.15) is 24.0 Å². The third kappa shape index (κ3) is 2.41. The van der Waals surface area contributed by atoms with Crippen LogP contribution in [0.15, 0.2) is 46.9 Å². The highest BCUT2D eigenvalue weighted by Crippen LogP contribution is 2.45. The van der Waals surface area contributed by atoms with Gasteiger partial charge in [0.1, 0.15) is 12.5 Å². The van der Waals surface area contributed by atoms with E-state index in [1.54, 1.807) is 0 Å². The van der Waals surface area contributed by atoms with Crippen molar-refractivity contribution in [2.24, 2.45) is 0 Å². The Labute approximate surface area is 133 Å². The van der Waals surface area contributed by atoms with Crippen LogP contribution in [-0.4, -0.2) is 17.5 Å². The summed E-state index contributed by atoms with van der Waals surface area (Å²) in [4.78, 5) is 22.7. The van der Waals surface area contributed by atoms with Crippen molar-refractivity contribution in [3.63, 3.8) is 0 Å². The fourth-order valence-corrected chi connectivity index (χ4v) is 3.01. The Morgan fingerprint density at radius 2 is 2.00 bits per heavy atom. The first-order valence-electron chi connectivity index (χ1n) is 6.90. The van der Waals surface area contributed by atoms with Gasteiger partial charge in [-0.1, -0.05) is 18.2 Å². The zero-order valence-electron chi connectivity index (χ0n) is 12.3. The van der Waals surface area contributed by atoms with Crippen molar-refractivity contribution in [2.75, 3.05) is 6.61 Å². The number of dihydropyridines is 1. The normalized spacial score (nSPS) is 20.7. The maximum atomic E-state index is 13.3. The fourth-order valence-electron chi connectivity index (χ4n) is 3.01. The fraction of sp³-hybridized carbons (Fsp3) is 0.267. The number of nitrogens with zero attached hydrogens (tertiary/aromatic N) is 1. The minimum absolute atomic E-state index is 0.0824. The number of hydrogen-bond donors (Lipinski definition) is 1. The average Bonchev–Trinajstić information content (AvgIpc) is 2.85. The number of alkyl halides is 3. The van der Waals surface area contributed by atoms with Crippen molar-refractivity contribution in [2.45, 2.75) is 19.0 Å². The maximum Gasteiger partial charge on any atom is 0.416 e. The molecular weight excluding hydrogens is 329 g/mol. The Hall–Kier alpha value is -2.84. The number of benzene rings is 1. The highest BCUT2D eigenvalue weighted by atomic mass is 19.4. The molecular formula is C15H11F3N2O4. The van der Waals surface area contributed by atoms with Crippen molar-refractivity contribution < 1.29 is 27.6 Å². The second kappa shape index (κ2) is 5.36. The van der Waals surface area contributed by atoms with Crippen molar-refractivity contribution >= 4 is 5.97 Å². The third-order valence-corrected chi connectivity index (χ3v) is 3.95. The lowest BCUT2D eigenvalue weighted by Gasteiger charge is -2.25. The lowest BCUT2D eigenvalue weighted by Crippen LogP contribution is -2.30. The smallest absolute Gasteiger partial charge is 0.416 e. The van der Waals surface area contributed by atoms with Gasteiger partial charge in [-0.2, -0.15) is 13.2 Å².